The summed E-state index contributed by atoms with van der Waals surface area (Å²) >= 11 is 0. The normalized spacial score (nSPS) is 19.9. The first-order chi connectivity index (χ1) is 8.22. The third-order valence-electron chi connectivity index (χ3n) is 3.32. The summed E-state index contributed by atoms with van der Waals surface area (Å²) in [5.74, 6) is 0.417. The number of nitrogens with zero attached hydrogens (tertiary/aromatic N) is 3. The molecule has 0 saturated carbocycles. The smallest absolute Gasteiger partial charge is 0.319 e. The number of piperidine rings is 1. The summed E-state index contributed by atoms with van der Waals surface area (Å²) in [6.45, 7) is -0.569. The first-order valence-corrected chi connectivity index (χ1v) is 5.96. The highest BCUT2D eigenvalue weighted by Gasteiger charge is 2.23. The van der Waals surface area contributed by atoms with E-state index < -0.39 is 6.55 Å². The average Bonchev–Trinajstić information content (AvgIpc) is 2.78. The van der Waals surface area contributed by atoms with Gasteiger partial charge in [-0.1, -0.05) is 6.42 Å². The van der Waals surface area contributed by atoms with Gasteiger partial charge >= 0.3 is 6.55 Å². The van der Waals surface area contributed by atoms with Gasteiger partial charge < -0.3 is 5.73 Å². The third kappa shape index (κ3) is 4.56. The van der Waals surface area contributed by atoms with Crippen molar-refractivity contribution in [1.82, 2.24) is 14.5 Å². The van der Waals surface area contributed by atoms with Gasteiger partial charge in [0, 0.05) is 25.0 Å². The van der Waals surface area contributed by atoms with Crippen LogP contribution in [0, 0.1) is 0 Å². The number of imidazole rings is 1. The van der Waals surface area contributed by atoms with Crippen LogP contribution in [0.3, 0.4) is 0 Å². The fourth-order valence-electron chi connectivity index (χ4n) is 2.36. The number of hydrogen-bond acceptors (Lipinski definition) is 3. The van der Waals surface area contributed by atoms with Gasteiger partial charge in [-0.15, -0.1) is 24.8 Å². The van der Waals surface area contributed by atoms with E-state index in [1.54, 1.807) is 0 Å². The lowest BCUT2D eigenvalue weighted by Crippen LogP contribution is -2.43. The van der Waals surface area contributed by atoms with Gasteiger partial charge in [-0.2, -0.15) is 8.78 Å². The molecular weight excluding hydrogens is 297 g/mol. The lowest BCUT2D eigenvalue weighted by atomic mass is 10.0. The summed E-state index contributed by atoms with van der Waals surface area (Å²) in [6, 6.07) is 0.298. The van der Waals surface area contributed by atoms with E-state index in [0.717, 1.165) is 24.0 Å². The highest BCUT2D eigenvalue weighted by Crippen LogP contribution is 2.20. The minimum atomic E-state index is -2.52. The van der Waals surface area contributed by atoms with Gasteiger partial charge in [0.2, 0.25) is 0 Å². The van der Waals surface area contributed by atoms with Gasteiger partial charge in [0.05, 0.1) is 6.54 Å². The molecule has 1 atom stereocenters. The molecule has 1 aliphatic rings. The van der Waals surface area contributed by atoms with Crippen molar-refractivity contribution < 1.29 is 8.78 Å². The van der Waals surface area contributed by atoms with E-state index in [4.69, 9.17) is 5.73 Å². The molecule has 19 heavy (non-hydrogen) atoms. The van der Waals surface area contributed by atoms with Crippen LogP contribution in [0.1, 0.15) is 31.6 Å². The van der Waals surface area contributed by atoms with Gasteiger partial charge in [-0.05, 0) is 19.4 Å². The highest BCUT2D eigenvalue weighted by molar-refractivity contribution is 5.85. The number of halogens is 4. The molecule has 1 aliphatic heterocycles. The topological polar surface area (TPSA) is 47.1 Å². The van der Waals surface area contributed by atoms with Gasteiger partial charge in [0.15, 0.2) is 0 Å². The van der Waals surface area contributed by atoms with Crippen LogP contribution in [0.2, 0.25) is 0 Å². The third-order valence-corrected chi connectivity index (χ3v) is 3.32. The number of likely N-dealkylation sites (tertiary alicyclic amines) is 1. The van der Waals surface area contributed by atoms with Crippen molar-refractivity contribution in [3.8, 4) is 0 Å². The number of nitrogens with two attached hydrogens (primary N) is 1. The summed E-state index contributed by atoms with van der Waals surface area (Å²) in [7, 11) is 0. The molecule has 0 spiro atoms. The molecular formula is C11H20Cl2F2N4. The molecule has 0 aromatic carbocycles. The Hall–Kier alpha value is -0.430. The van der Waals surface area contributed by atoms with Crippen LogP contribution in [-0.4, -0.2) is 33.6 Å². The molecule has 4 nitrogen and oxygen atoms in total. The van der Waals surface area contributed by atoms with Gasteiger partial charge in [0.1, 0.15) is 5.82 Å². The summed E-state index contributed by atoms with van der Waals surface area (Å²) in [6.07, 6.45) is 6.06. The maximum atomic E-state index is 12.7. The number of hydrogen-bond donors (Lipinski definition) is 1. The van der Waals surface area contributed by atoms with E-state index in [0.29, 0.717) is 25.0 Å². The van der Waals surface area contributed by atoms with Gasteiger partial charge in [-0.25, -0.2) is 4.98 Å². The second-order valence-electron chi connectivity index (χ2n) is 4.38. The van der Waals surface area contributed by atoms with Crippen LogP contribution in [0.5, 0.6) is 0 Å². The second kappa shape index (κ2) is 8.68. The number of rotatable bonds is 4. The maximum absolute atomic E-state index is 12.7. The fourth-order valence-corrected chi connectivity index (χ4v) is 2.36. The Morgan fingerprint density at radius 1 is 1.37 bits per heavy atom. The van der Waals surface area contributed by atoms with Crippen molar-refractivity contribution in [3.63, 3.8) is 0 Å². The predicted octanol–water partition coefficient (Wildman–Crippen LogP) is 2.44. The van der Waals surface area contributed by atoms with Crippen molar-refractivity contribution in [2.24, 2.45) is 5.73 Å². The summed E-state index contributed by atoms with van der Waals surface area (Å²) in [5, 5.41) is 0. The molecule has 8 heteroatoms. The van der Waals surface area contributed by atoms with Crippen LogP contribution in [0.4, 0.5) is 8.78 Å². The zero-order valence-corrected chi connectivity index (χ0v) is 12.2. The zero-order chi connectivity index (χ0) is 12.3. The Morgan fingerprint density at radius 3 is 2.74 bits per heavy atom. The molecule has 0 aliphatic carbocycles. The van der Waals surface area contributed by atoms with Crippen molar-refractivity contribution in [1.29, 1.82) is 0 Å². The monoisotopic (exact) mass is 316 g/mol. The molecule has 1 unspecified atom stereocenters. The van der Waals surface area contributed by atoms with E-state index >= 15 is 0 Å². The average molecular weight is 317 g/mol. The van der Waals surface area contributed by atoms with E-state index in [9.17, 15) is 8.78 Å². The molecule has 1 fully saturated rings. The van der Waals surface area contributed by atoms with Gasteiger partial charge in [-0.3, -0.25) is 9.47 Å². The van der Waals surface area contributed by atoms with Crippen LogP contribution < -0.4 is 5.73 Å². The minimum Gasteiger partial charge on any atom is -0.329 e. The summed E-state index contributed by atoms with van der Waals surface area (Å²) in [5.41, 5.74) is 5.70. The van der Waals surface area contributed by atoms with Crippen molar-refractivity contribution in [3.05, 3.63) is 18.2 Å². The molecule has 112 valence electrons. The Kier molecular flexibility index (Phi) is 8.49. The molecule has 2 heterocycles. The Balaban J connectivity index is 0.00000162. The molecule has 0 bridgehead atoms. The lowest BCUT2D eigenvalue weighted by Gasteiger charge is -2.34. The molecule has 1 aromatic heterocycles. The molecule has 2 rings (SSSR count). The van der Waals surface area contributed by atoms with Crippen molar-refractivity contribution in [2.45, 2.75) is 38.4 Å². The quantitative estimate of drug-likeness (QED) is 0.928. The highest BCUT2D eigenvalue weighted by atomic mass is 35.5. The lowest BCUT2D eigenvalue weighted by molar-refractivity contribution is 0.0600. The molecule has 0 radical (unpaired) electrons. The first-order valence-electron chi connectivity index (χ1n) is 5.96. The summed E-state index contributed by atoms with van der Waals surface area (Å²) < 4.78 is 26.3. The van der Waals surface area contributed by atoms with Crippen molar-refractivity contribution >= 4 is 24.8 Å². The van der Waals surface area contributed by atoms with E-state index in [1.165, 1.54) is 18.8 Å². The predicted molar refractivity (Wildman–Crippen MR) is 75.1 cm³/mol. The Labute approximate surface area is 124 Å². The van der Waals surface area contributed by atoms with Crippen LogP contribution in [0.25, 0.3) is 0 Å². The molecule has 2 N–H and O–H groups in total. The molecule has 1 saturated heterocycles. The summed E-state index contributed by atoms with van der Waals surface area (Å²) in [4.78, 5) is 6.16. The van der Waals surface area contributed by atoms with E-state index in [2.05, 4.69) is 9.88 Å². The van der Waals surface area contributed by atoms with Crippen molar-refractivity contribution in [2.75, 3.05) is 13.1 Å². The Morgan fingerprint density at radius 2 is 2.11 bits per heavy atom. The zero-order valence-electron chi connectivity index (χ0n) is 10.5. The van der Waals surface area contributed by atoms with E-state index in [1.807, 2.05) is 0 Å². The molecule has 0 amide bonds. The van der Waals surface area contributed by atoms with Gasteiger partial charge in [0.25, 0.3) is 0 Å². The number of alkyl halides is 2. The second-order valence-corrected chi connectivity index (χ2v) is 4.38. The van der Waals surface area contributed by atoms with E-state index in [-0.39, 0.29) is 24.8 Å². The Bertz CT molecular complexity index is 362. The fraction of sp³-hybridized carbons (Fsp3) is 0.727. The molecule has 1 aromatic rings. The maximum Gasteiger partial charge on any atom is 0.319 e. The standard InChI is InChI=1S/C11H18F2N4.2ClH/c12-11(13)17-6-4-15-10(17)8-16-5-2-1-3-9(16)7-14;;/h4,6,9,11H,1-3,5,7-8,14H2;2*1H. The minimum absolute atomic E-state index is 0. The van der Waals surface area contributed by atoms with Crippen LogP contribution in [-0.2, 0) is 6.54 Å². The van der Waals surface area contributed by atoms with Crippen LogP contribution >= 0.6 is 24.8 Å². The SMILES string of the molecule is Cl.Cl.NCC1CCCCN1Cc1nccn1C(F)F. The first kappa shape index (κ1) is 18.6. The number of aromatic nitrogens is 2. The largest absolute Gasteiger partial charge is 0.329 e. The van der Waals surface area contributed by atoms with Crippen LogP contribution in [0.15, 0.2) is 12.4 Å².